The van der Waals surface area contributed by atoms with E-state index in [1.807, 2.05) is 0 Å². The number of nitrogens with zero attached hydrogens (tertiary/aromatic N) is 3. The molecule has 1 N–H and O–H groups in total. The van der Waals surface area contributed by atoms with Gasteiger partial charge in [-0.1, -0.05) is 33.6 Å². The molecule has 92 valence electrons. The van der Waals surface area contributed by atoms with Crippen LogP contribution in [-0.2, 0) is 19.6 Å². The maximum atomic E-state index is 9.19. The van der Waals surface area contributed by atoms with Crippen LogP contribution in [0.1, 0.15) is 51.7 Å². The van der Waals surface area contributed by atoms with Crippen LogP contribution < -0.4 is 0 Å². The predicted molar refractivity (Wildman–Crippen MR) is 64.0 cm³/mol. The van der Waals surface area contributed by atoms with E-state index in [4.69, 9.17) is 0 Å². The summed E-state index contributed by atoms with van der Waals surface area (Å²) in [7, 11) is 0. The fourth-order valence-electron chi connectivity index (χ4n) is 1.78. The highest BCUT2D eigenvalue weighted by Gasteiger charge is 2.11. The molecule has 0 atom stereocenters. The molecule has 1 aromatic heterocycles. The Morgan fingerprint density at radius 2 is 1.88 bits per heavy atom. The van der Waals surface area contributed by atoms with E-state index in [0.717, 1.165) is 25.2 Å². The van der Waals surface area contributed by atoms with Crippen molar-refractivity contribution in [3.63, 3.8) is 0 Å². The number of hydrogen-bond donors (Lipinski definition) is 1. The zero-order valence-electron chi connectivity index (χ0n) is 10.6. The maximum Gasteiger partial charge on any atom is 0.158 e. The Bertz CT molecular complexity index is 307. The van der Waals surface area contributed by atoms with Crippen LogP contribution in [0.3, 0.4) is 0 Å². The average molecular weight is 225 g/mol. The van der Waals surface area contributed by atoms with Gasteiger partial charge in [0, 0.05) is 13.0 Å². The fourth-order valence-corrected chi connectivity index (χ4v) is 1.78. The van der Waals surface area contributed by atoms with Crippen molar-refractivity contribution in [2.75, 3.05) is 0 Å². The number of hydrogen-bond acceptors (Lipinski definition) is 3. The summed E-state index contributed by atoms with van der Waals surface area (Å²) in [6.45, 7) is 7.39. The van der Waals surface area contributed by atoms with Gasteiger partial charge in [0.05, 0.1) is 0 Å². The van der Waals surface area contributed by atoms with Gasteiger partial charge in [-0.25, -0.2) is 0 Å². The van der Waals surface area contributed by atoms with Gasteiger partial charge in [-0.15, -0.1) is 10.2 Å². The molecule has 0 spiro atoms. The lowest BCUT2D eigenvalue weighted by molar-refractivity contribution is 0.261. The summed E-state index contributed by atoms with van der Waals surface area (Å²) in [6.07, 6.45) is 4.56. The molecular weight excluding hydrogens is 202 g/mol. The number of aliphatic hydroxyl groups excluding tert-OH is 1. The Morgan fingerprint density at radius 3 is 2.44 bits per heavy atom. The van der Waals surface area contributed by atoms with Gasteiger partial charge in [-0.05, 0) is 12.3 Å². The SMILES string of the molecule is CCCCCc1nnc(CO)n1CC(C)C. The van der Waals surface area contributed by atoms with Crippen LogP contribution in [0.25, 0.3) is 0 Å². The van der Waals surface area contributed by atoms with Crippen molar-refractivity contribution in [1.82, 2.24) is 14.8 Å². The van der Waals surface area contributed by atoms with E-state index in [-0.39, 0.29) is 6.61 Å². The number of aliphatic hydroxyl groups is 1. The molecule has 0 aliphatic carbocycles. The molecule has 0 amide bonds. The van der Waals surface area contributed by atoms with E-state index in [1.165, 1.54) is 12.8 Å². The lowest BCUT2D eigenvalue weighted by Crippen LogP contribution is -2.12. The number of aromatic nitrogens is 3. The van der Waals surface area contributed by atoms with Crippen LogP contribution in [0.4, 0.5) is 0 Å². The summed E-state index contributed by atoms with van der Waals surface area (Å²) in [5.41, 5.74) is 0. The molecule has 1 rings (SSSR count). The van der Waals surface area contributed by atoms with Gasteiger partial charge in [0.15, 0.2) is 5.82 Å². The van der Waals surface area contributed by atoms with Crippen LogP contribution >= 0.6 is 0 Å². The molecule has 0 unspecified atom stereocenters. The molecule has 1 aromatic rings. The molecule has 0 saturated carbocycles. The highest BCUT2D eigenvalue weighted by atomic mass is 16.3. The number of unbranched alkanes of at least 4 members (excludes halogenated alkanes) is 2. The van der Waals surface area contributed by atoms with E-state index in [0.29, 0.717) is 11.7 Å². The van der Waals surface area contributed by atoms with Crippen molar-refractivity contribution in [1.29, 1.82) is 0 Å². The monoisotopic (exact) mass is 225 g/mol. The third kappa shape index (κ3) is 3.59. The molecule has 0 aromatic carbocycles. The molecule has 4 heteroatoms. The summed E-state index contributed by atoms with van der Waals surface area (Å²) >= 11 is 0. The summed E-state index contributed by atoms with van der Waals surface area (Å²) < 4.78 is 2.07. The molecular formula is C12H23N3O. The van der Waals surface area contributed by atoms with Gasteiger partial charge in [0.25, 0.3) is 0 Å². The van der Waals surface area contributed by atoms with Crippen LogP contribution in [0.5, 0.6) is 0 Å². The second-order valence-electron chi connectivity index (χ2n) is 4.65. The minimum atomic E-state index is -0.0203. The van der Waals surface area contributed by atoms with Gasteiger partial charge in [0.1, 0.15) is 12.4 Å². The highest BCUT2D eigenvalue weighted by Crippen LogP contribution is 2.10. The molecule has 16 heavy (non-hydrogen) atoms. The molecule has 4 nitrogen and oxygen atoms in total. The van der Waals surface area contributed by atoms with E-state index in [2.05, 4.69) is 35.5 Å². The Hall–Kier alpha value is -0.900. The summed E-state index contributed by atoms with van der Waals surface area (Å²) in [4.78, 5) is 0. The standard InChI is InChI=1S/C12H23N3O/c1-4-5-6-7-11-13-14-12(9-16)15(11)8-10(2)3/h10,16H,4-9H2,1-3H3. The van der Waals surface area contributed by atoms with Crippen LogP contribution in [-0.4, -0.2) is 19.9 Å². The lowest BCUT2D eigenvalue weighted by atomic mass is 10.2. The third-order valence-corrected chi connectivity index (χ3v) is 2.60. The van der Waals surface area contributed by atoms with Crippen molar-refractivity contribution in [3.8, 4) is 0 Å². The fraction of sp³-hybridized carbons (Fsp3) is 0.833. The summed E-state index contributed by atoms with van der Waals surface area (Å²) in [5.74, 6) is 2.26. The van der Waals surface area contributed by atoms with E-state index in [9.17, 15) is 5.11 Å². The van der Waals surface area contributed by atoms with Gasteiger partial charge >= 0.3 is 0 Å². The zero-order valence-corrected chi connectivity index (χ0v) is 10.6. The molecule has 0 fully saturated rings. The first-order valence-corrected chi connectivity index (χ1v) is 6.20. The van der Waals surface area contributed by atoms with Crippen molar-refractivity contribution in [2.45, 2.75) is 59.6 Å². The van der Waals surface area contributed by atoms with Crippen LogP contribution in [0.2, 0.25) is 0 Å². The Kier molecular flexibility index (Phi) is 5.46. The molecule has 0 radical (unpaired) electrons. The second-order valence-corrected chi connectivity index (χ2v) is 4.65. The van der Waals surface area contributed by atoms with Gasteiger partial charge in [-0.2, -0.15) is 0 Å². The molecule has 0 saturated heterocycles. The molecule has 0 aliphatic heterocycles. The Labute approximate surface area is 97.7 Å². The number of rotatable bonds is 7. The van der Waals surface area contributed by atoms with Crippen molar-refractivity contribution >= 4 is 0 Å². The molecule has 0 bridgehead atoms. The van der Waals surface area contributed by atoms with Crippen LogP contribution in [0, 0.1) is 5.92 Å². The highest BCUT2D eigenvalue weighted by molar-refractivity contribution is 4.95. The predicted octanol–water partition coefficient (Wildman–Crippen LogP) is 2.16. The first-order valence-electron chi connectivity index (χ1n) is 6.20. The minimum absolute atomic E-state index is 0.0203. The Morgan fingerprint density at radius 1 is 1.19 bits per heavy atom. The topological polar surface area (TPSA) is 50.9 Å². The largest absolute Gasteiger partial charge is 0.388 e. The second kappa shape index (κ2) is 6.63. The van der Waals surface area contributed by atoms with Gasteiger partial charge < -0.3 is 9.67 Å². The minimum Gasteiger partial charge on any atom is -0.388 e. The first-order chi connectivity index (χ1) is 7.69. The van der Waals surface area contributed by atoms with Crippen LogP contribution in [0.15, 0.2) is 0 Å². The molecule has 1 heterocycles. The average Bonchev–Trinajstić information content (AvgIpc) is 2.61. The van der Waals surface area contributed by atoms with Crippen molar-refractivity contribution < 1.29 is 5.11 Å². The quantitative estimate of drug-likeness (QED) is 0.723. The number of aryl methyl sites for hydroxylation is 1. The van der Waals surface area contributed by atoms with Gasteiger partial charge in [0.2, 0.25) is 0 Å². The van der Waals surface area contributed by atoms with E-state index in [1.54, 1.807) is 0 Å². The van der Waals surface area contributed by atoms with Crippen molar-refractivity contribution in [3.05, 3.63) is 11.6 Å². The summed E-state index contributed by atoms with van der Waals surface area (Å²) in [6, 6.07) is 0. The van der Waals surface area contributed by atoms with E-state index < -0.39 is 0 Å². The first kappa shape index (κ1) is 13.2. The smallest absolute Gasteiger partial charge is 0.158 e. The third-order valence-electron chi connectivity index (χ3n) is 2.60. The Balaban J connectivity index is 2.70. The van der Waals surface area contributed by atoms with Crippen molar-refractivity contribution in [2.24, 2.45) is 5.92 Å². The zero-order chi connectivity index (χ0) is 12.0. The lowest BCUT2D eigenvalue weighted by Gasteiger charge is -2.11. The van der Waals surface area contributed by atoms with Gasteiger partial charge in [-0.3, -0.25) is 0 Å². The summed E-state index contributed by atoms with van der Waals surface area (Å²) in [5, 5.41) is 17.4. The van der Waals surface area contributed by atoms with E-state index >= 15 is 0 Å². The molecule has 0 aliphatic rings. The maximum absolute atomic E-state index is 9.19. The normalized spacial score (nSPS) is 11.3.